The summed E-state index contributed by atoms with van der Waals surface area (Å²) >= 11 is 0. The van der Waals surface area contributed by atoms with Gasteiger partial charge in [0.25, 0.3) is 5.91 Å². The van der Waals surface area contributed by atoms with Gasteiger partial charge in [-0.1, -0.05) is 19.1 Å². The van der Waals surface area contributed by atoms with Gasteiger partial charge >= 0.3 is 0 Å². The third-order valence-electron chi connectivity index (χ3n) is 2.44. The van der Waals surface area contributed by atoms with E-state index in [4.69, 9.17) is 5.21 Å². The summed E-state index contributed by atoms with van der Waals surface area (Å²) in [4.78, 5) is 11.2. The quantitative estimate of drug-likeness (QED) is 0.386. The maximum absolute atomic E-state index is 11.2. The van der Waals surface area contributed by atoms with Crippen molar-refractivity contribution in [3.8, 4) is 0 Å². The summed E-state index contributed by atoms with van der Waals surface area (Å²) in [5.74, 6) is 0.0864. The van der Waals surface area contributed by atoms with Crippen molar-refractivity contribution in [1.29, 1.82) is 0 Å². The Labute approximate surface area is 78.1 Å². The van der Waals surface area contributed by atoms with E-state index in [1.165, 1.54) is 0 Å². The molecule has 0 aromatic rings. The SMILES string of the molecule is C=CC1CCC(C)C=C1C(=O)NO. The molecule has 0 spiro atoms. The Morgan fingerprint density at radius 2 is 2.46 bits per heavy atom. The fourth-order valence-corrected chi connectivity index (χ4v) is 1.66. The third kappa shape index (κ3) is 2.18. The lowest BCUT2D eigenvalue weighted by atomic mass is 9.83. The van der Waals surface area contributed by atoms with Crippen LogP contribution in [-0.4, -0.2) is 11.1 Å². The zero-order valence-corrected chi connectivity index (χ0v) is 7.79. The summed E-state index contributed by atoms with van der Waals surface area (Å²) in [7, 11) is 0. The highest BCUT2D eigenvalue weighted by molar-refractivity contribution is 5.93. The number of rotatable bonds is 2. The van der Waals surface area contributed by atoms with E-state index >= 15 is 0 Å². The van der Waals surface area contributed by atoms with Crippen LogP contribution in [0, 0.1) is 11.8 Å². The number of hydrogen-bond donors (Lipinski definition) is 2. The van der Waals surface area contributed by atoms with Crippen molar-refractivity contribution >= 4 is 5.91 Å². The van der Waals surface area contributed by atoms with Crippen molar-refractivity contribution in [3.63, 3.8) is 0 Å². The number of hydroxylamine groups is 1. The fraction of sp³-hybridized carbons (Fsp3) is 0.500. The van der Waals surface area contributed by atoms with Crippen LogP contribution < -0.4 is 5.48 Å². The highest BCUT2D eigenvalue weighted by Gasteiger charge is 2.23. The summed E-state index contributed by atoms with van der Waals surface area (Å²) in [6, 6.07) is 0. The third-order valence-corrected chi connectivity index (χ3v) is 2.44. The molecule has 1 amide bonds. The van der Waals surface area contributed by atoms with Crippen LogP contribution in [0.2, 0.25) is 0 Å². The summed E-state index contributed by atoms with van der Waals surface area (Å²) in [5.41, 5.74) is 2.30. The molecule has 13 heavy (non-hydrogen) atoms. The van der Waals surface area contributed by atoms with Crippen molar-refractivity contribution in [1.82, 2.24) is 5.48 Å². The first kappa shape index (κ1) is 9.99. The summed E-state index contributed by atoms with van der Waals surface area (Å²) in [6.07, 6.45) is 5.66. The average Bonchev–Trinajstić information content (AvgIpc) is 2.16. The largest absolute Gasteiger partial charge is 0.288 e. The van der Waals surface area contributed by atoms with Crippen LogP contribution in [0.4, 0.5) is 0 Å². The maximum Gasteiger partial charge on any atom is 0.270 e. The van der Waals surface area contributed by atoms with E-state index in [0.29, 0.717) is 11.5 Å². The molecule has 3 heteroatoms. The van der Waals surface area contributed by atoms with Gasteiger partial charge in [0, 0.05) is 11.5 Å². The van der Waals surface area contributed by atoms with Crippen LogP contribution in [0.25, 0.3) is 0 Å². The minimum atomic E-state index is -0.406. The molecule has 0 aromatic carbocycles. The molecule has 1 rings (SSSR count). The highest BCUT2D eigenvalue weighted by Crippen LogP contribution is 2.28. The predicted octanol–water partition coefficient (Wildman–Crippen LogP) is 1.65. The van der Waals surface area contributed by atoms with Gasteiger partial charge in [-0.3, -0.25) is 10.0 Å². The van der Waals surface area contributed by atoms with E-state index in [1.807, 2.05) is 6.08 Å². The molecule has 2 unspecified atom stereocenters. The molecule has 2 atom stereocenters. The lowest BCUT2D eigenvalue weighted by molar-refractivity contribution is -0.125. The molecule has 1 aliphatic carbocycles. The van der Waals surface area contributed by atoms with Crippen LogP contribution >= 0.6 is 0 Å². The van der Waals surface area contributed by atoms with E-state index in [-0.39, 0.29) is 5.92 Å². The number of carbonyl (C=O) groups is 1. The van der Waals surface area contributed by atoms with Crippen molar-refractivity contribution in [2.24, 2.45) is 11.8 Å². The Hall–Kier alpha value is -1.09. The Balaban J connectivity index is 2.85. The topological polar surface area (TPSA) is 49.3 Å². The molecule has 72 valence electrons. The molecule has 0 radical (unpaired) electrons. The van der Waals surface area contributed by atoms with Crippen molar-refractivity contribution in [2.45, 2.75) is 19.8 Å². The van der Waals surface area contributed by atoms with Crippen molar-refractivity contribution in [2.75, 3.05) is 0 Å². The molecule has 2 N–H and O–H groups in total. The average molecular weight is 181 g/mol. The molecular formula is C10H15NO2. The van der Waals surface area contributed by atoms with E-state index in [0.717, 1.165) is 12.8 Å². The molecule has 0 heterocycles. The smallest absolute Gasteiger partial charge is 0.270 e. The fourth-order valence-electron chi connectivity index (χ4n) is 1.66. The first-order valence-electron chi connectivity index (χ1n) is 4.47. The van der Waals surface area contributed by atoms with Gasteiger partial charge in [-0.15, -0.1) is 6.58 Å². The normalized spacial score (nSPS) is 27.7. The second-order valence-electron chi connectivity index (χ2n) is 3.46. The highest BCUT2D eigenvalue weighted by atomic mass is 16.5. The van der Waals surface area contributed by atoms with Gasteiger partial charge in [0.1, 0.15) is 0 Å². The van der Waals surface area contributed by atoms with Crippen LogP contribution in [0.3, 0.4) is 0 Å². The zero-order chi connectivity index (χ0) is 9.84. The van der Waals surface area contributed by atoms with E-state index in [9.17, 15) is 4.79 Å². The van der Waals surface area contributed by atoms with Crippen molar-refractivity contribution in [3.05, 3.63) is 24.3 Å². The lowest BCUT2D eigenvalue weighted by Crippen LogP contribution is -2.27. The lowest BCUT2D eigenvalue weighted by Gasteiger charge is -2.23. The number of allylic oxidation sites excluding steroid dienone is 2. The predicted molar refractivity (Wildman–Crippen MR) is 50.1 cm³/mol. The van der Waals surface area contributed by atoms with Gasteiger partial charge < -0.3 is 0 Å². The number of amides is 1. The van der Waals surface area contributed by atoms with Gasteiger partial charge in [-0.05, 0) is 18.8 Å². The van der Waals surface area contributed by atoms with Crippen LogP contribution in [0.15, 0.2) is 24.3 Å². The molecule has 0 saturated heterocycles. The molecular weight excluding hydrogens is 166 g/mol. The minimum Gasteiger partial charge on any atom is -0.288 e. The Morgan fingerprint density at radius 3 is 3.00 bits per heavy atom. The zero-order valence-electron chi connectivity index (χ0n) is 7.79. The Bertz CT molecular complexity index is 245. The Kier molecular flexibility index (Phi) is 3.25. The van der Waals surface area contributed by atoms with E-state index in [1.54, 1.807) is 11.6 Å². The van der Waals surface area contributed by atoms with Gasteiger partial charge in [0.2, 0.25) is 0 Å². The van der Waals surface area contributed by atoms with Crippen molar-refractivity contribution < 1.29 is 10.0 Å². The summed E-state index contributed by atoms with van der Waals surface area (Å²) in [5, 5.41) is 8.51. The molecule has 3 nitrogen and oxygen atoms in total. The molecule has 0 fully saturated rings. The second kappa shape index (κ2) is 4.23. The molecule has 0 aromatic heterocycles. The molecule has 0 aliphatic heterocycles. The Morgan fingerprint density at radius 1 is 1.77 bits per heavy atom. The van der Waals surface area contributed by atoms with Gasteiger partial charge in [0.05, 0.1) is 0 Å². The molecule has 0 saturated carbocycles. The van der Waals surface area contributed by atoms with Crippen LogP contribution in [0.5, 0.6) is 0 Å². The summed E-state index contributed by atoms with van der Waals surface area (Å²) < 4.78 is 0. The van der Waals surface area contributed by atoms with E-state index in [2.05, 4.69) is 13.5 Å². The molecule has 0 bridgehead atoms. The molecule has 1 aliphatic rings. The van der Waals surface area contributed by atoms with Gasteiger partial charge in [-0.2, -0.15) is 0 Å². The first-order chi connectivity index (χ1) is 6.19. The van der Waals surface area contributed by atoms with E-state index < -0.39 is 5.91 Å². The number of hydrogen-bond acceptors (Lipinski definition) is 2. The summed E-state index contributed by atoms with van der Waals surface area (Å²) in [6.45, 7) is 5.73. The monoisotopic (exact) mass is 181 g/mol. The van der Waals surface area contributed by atoms with Gasteiger partial charge in [0.15, 0.2) is 0 Å². The number of carbonyl (C=O) groups excluding carboxylic acids is 1. The minimum absolute atomic E-state index is 0.0864. The second-order valence-corrected chi connectivity index (χ2v) is 3.46. The van der Waals surface area contributed by atoms with Gasteiger partial charge in [-0.25, -0.2) is 5.48 Å². The van der Waals surface area contributed by atoms with Crippen LogP contribution in [0.1, 0.15) is 19.8 Å². The standard InChI is InChI=1S/C10H15NO2/c1-3-8-5-4-7(2)6-9(8)10(12)11-13/h3,6-8,13H,1,4-5H2,2H3,(H,11,12). The van der Waals surface area contributed by atoms with Crippen LogP contribution in [-0.2, 0) is 4.79 Å². The first-order valence-corrected chi connectivity index (χ1v) is 4.47. The number of nitrogens with one attached hydrogen (secondary N) is 1. The maximum atomic E-state index is 11.2.